The molecule has 1 aromatic carbocycles. The maximum Gasteiger partial charge on any atom is 0.352 e. The molecular weight excluding hydrogens is 224 g/mol. The molecule has 0 radical (unpaired) electrons. The van der Waals surface area contributed by atoms with Gasteiger partial charge in [0.05, 0.1) is 11.2 Å². The molecule has 1 heterocycles. The molecule has 0 aliphatic heterocycles. The third kappa shape index (κ3) is 1.87. The van der Waals surface area contributed by atoms with Gasteiger partial charge in [0.1, 0.15) is 5.69 Å². The molecule has 0 aliphatic rings. The quantitative estimate of drug-likeness (QED) is 0.648. The number of carboxylic acids is 1. The van der Waals surface area contributed by atoms with E-state index >= 15 is 0 Å². The average molecular weight is 232 g/mol. The Morgan fingerprint density at radius 2 is 1.88 bits per heavy atom. The van der Waals surface area contributed by atoms with E-state index in [0.29, 0.717) is 0 Å². The highest BCUT2D eigenvalue weighted by Gasteiger charge is 2.07. The van der Waals surface area contributed by atoms with Gasteiger partial charge >= 0.3 is 5.97 Å². The smallest absolute Gasteiger partial charge is 0.352 e. The maximum absolute atomic E-state index is 11.7. The number of aromatic amines is 1. The van der Waals surface area contributed by atoms with E-state index in [4.69, 9.17) is 10.8 Å². The van der Waals surface area contributed by atoms with Gasteiger partial charge in [-0.05, 0) is 18.2 Å². The number of nitrogens with two attached hydrogens (primary N) is 1. The number of aromatic nitrogens is 1. The van der Waals surface area contributed by atoms with Gasteiger partial charge in [-0.15, -0.1) is 0 Å². The van der Waals surface area contributed by atoms with Crippen molar-refractivity contribution in [3.8, 4) is 0 Å². The lowest BCUT2D eigenvalue weighted by molar-refractivity contribution is 0.0691. The predicted molar refractivity (Wildman–Crippen MR) is 62.2 cm³/mol. The summed E-state index contributed by atoms with van der Waals surface area (Å²) in [6.07, 6.45) is 0. The van der Waals surface area contributed by atoms with E-state index < -0.39 is 16.8 Å². The van der Waals surface area contributed by atoms with Gasteiger partial charge < -0.3 is 15.8 Å². The second-order valence-corrected chi connectivity index (χ2v) is 3.48. The Bertz CT molecular complexity index is 734. The number of aromatic carboxylic acids is 1. The molecule has 6 heteroatoms. The van der Waals surface area contributed by atoms with Crippen LogP contribution in [0.3, 0.4) is 0 Å². The van der Waals surface area contributed by atoms with Crippen LogP contribution in [0.1, 0.15) is 10.5 Å². The second kappa shape index (κ2) is 3.75. The standard InChI is InChI=1S/C11H8N2O4/c12-6-3-5-7(1-2-9(6)14)13-8(11(16)17)4-10(5)15/h1-4H,(H2,12,14)(H,13,15)(H,16,17). The van der Waals surface area contributed by atoms with Gasteiger partial charge in [0, 0.05) is 11.5 Å². The predicted octanol–water partition coefficient (Wildman–Crippen LogP) is 0.169. The number of anilines is 1. The van der Waals surface area contributed by atoms with Crippen LogP contribution in [0, 0.1) is 0 Å². The van der Waals surface area contributed by atoms with Gasteiger partial charge in [0.2, 0.25) is 5.43 Å². The minimum atomic E-state index is -1.24. The van der Waals surface area contributed by atoms with Crippen molar-refractivity contribution in [2.45, 2.75) is 0 Å². The molecule has 0 saturated heterocycles. The normalized spacial score (nSPS) is 10.4. The van der Waals surface area contributed by atoms with Crippen molar-refractivity contribution in [1.29, 1.82) is 0 Å². The molecule has 0 aliphatic carbocycles. The molecule has 0 unspecified atom stereocenters. The highest BCUT2D eigenvalue weighted by Crippen LogP contribution is 2.07. The van der Waals surface area contributed by atoms with Crippen molar-refractivity contribution in [2.75, 3.05) is 5.73 Å². The molecule has 0 fully saturated rings. The van der Waals surface area contributed by atoms with Crippen molar-refractivity contribution in [3.63, 3.8) is 0 Å². The SMILES string of the molecule is Nc1cc2c(=O)cc(C(=O)O)[nH]c2ccc1=O. The molecule has 0 amide bonds. The molecule has 6 nitrogen and oxygen atoms in total. The lowest BCUT2D eigenvalue weighted by Crippen LogP contribution is -2.09. The summed E-state index contributed by atoms with van der Waals surface area (Å²) in [5.74, 6) is -1.24. The van der Waals surface area contributed by atoms with Crippen LogP contribution >= 0.6 is 0 Å². The van der Waals surface area contributed by atoms with Gasteiger partial charge in [-0.25, -0.2) is 4.79 Å². The van der Waals surface area contributed by atoms with E-state index in [0.717, 1.165) is 6.07 Å². The Hall–Kier alpha value is -2.63. The van der Waals surface area contributed by atoms with Gasteiger partial charge in [0.15, 0.2) is 5.43 Å². The monoisotopic (exact) mass is 232 g/mol. The highest BCUT2D eigenvalue weighted by molar-refractivity contribution is 5.89. The molecule has 17 heavy (non-hydrogen) atoms. The molecular formula is C11H8N2O4. The number of H-pyrrole nitrogens is 1. The van der Waals surface area contributed by atoms with Crippen LogP contribution < -0.4 is 16.6 Å². The Morgan fingerprint density at radius 1 is 1.18 bits per heavy atom. The molecule has 0 bridgehead atoms. The van der Waals surface area contributed by atoms with Crippen molar-refractivity contribution in [2.24, 2.45) is 0 Å². The molecule has 4 N–H and O–H groups in total. The van der Waals surface area contributed by atoms with Crippen LogP contribution in [-0.4, -0.2) is 16.1 Å². The lowest BCUT2D eigenvalue weighted by Gasteiger charge is -1.96. The summed E-state index contributed by atoms with van der Waals surface area (Å²) in [6, 6.07) is 4.71. The molecule has 0 saturated carbocycles. The van der Waals surface area contributed by atoms with E-state index in [1.807, 2.05) is 0 Å². The number of rotatable bonds is 1. The summed E-state index contributed by atoms with van der Waals surface area (Å²) in [5.41, 5.74) is 4.48. The van der Waals surface area contributed by atoms with Gasteiger partial charge in [-0.1, -0.05) is 0 Å². The maximum atomic E-state index is 11.7. The summed E-state index contributed by atoms with van der Waals surface area (Å²) in [7, 11) is 0. The fourth-order valence-electron chi connectivity index (χ4n) is 1.47. The van der Waals surface area contributed by atoms with Gasteiger partial charge in [0.25, 0.3) is 0 Å². The Kier molecular flexibility index (Phi) is 2.40. The lowest BCUT2D eigenvalue weighted by atomic mass is 10.2. The number of nitrogens with one attached hydrogen (secondary N) is 1. The van der Waals surface area contributed by atoms with Crippen LogP contribution in [0.4, 0.5) is 5.69 Å². The fourth-order valence-corrected chi connectivity index (χ4v) is 1.47. The number of carbonyl (C=O) groups is 1. The summed E-state index contributed by atoms with van der Waals surface area (Å²) in [4.78, 5) is 36.3. The summed E-state index contributed by atoms with van der Waals surface area (Å²) >= 11 is 0. The fraction of sp³-hybridized carbons (Fsp3) is 0. The van der Waals surface area contributed by atoms with Crippen molar-refractivity contribution < 1.29 is 9.90 Å². The summed E-state index contributed by atoms with van der Waals surface area (Å²) < 4.78 is 0. The Morgan fingerprint density at radius 3 is 2.53 bits per heavy atom. The van der Waals surface area contributed by atoms with Crippen molar-refractivity contribution >= 4 is 22.6 Å². The molecule has 0 spiro atoms. The zero-order chi connectivity index (χ0) is 12.6. The van der Waals surface area contributed by atoms with Crippen LogP contribution in [0.2, 0.25) is 0 Å². The zero-order valence-electron chi connectivity index (χ0n) is 8.56. The number of hydrogen-bond acceptors (Lipinski definition) is 4. The van der Waals surface area contributed by atoms with Crippen LogP contribution in [0.5, 0.6) is 0 Å². The first-order valence-corrected chi connectivity index (χ1v) is 4.69. The van der Waals surface area contributed by atoms with Crippen LogP contribution in [0.15, 0.2) is 33.9 Å². The minimum Gasteiger partial charge on any atom is -0.477 e. The third-order valence-corrected chi connectivity index (χ3v) is 2.32. The largest absolute Gasteiger partial charge is 0.477 e. The molecule has 86 valence electrons. The minimum absolute atomic E-state index is 0.0615. The van der Waals surface area contributed by atoms with Gasteiger partial charge in [-0.2, -0.15) is 0 Å². The first kappa shape index (κ1) is 10.9. The van der Waals surface area contributed by atoms with Crippen molar-refractivity contribution in [3.05, 3.63) is 50.4 Å². The van der Waals surface area contributed by atoms with Crippen LogP contribution in [-0.2, 0) is 0 Å². The first-order chi connectivity index (χ1) is 7.99. The Labute approximate surface area is 94.3 Å². The van der Waals surface area contributed by atoms with E-state index in [1.165, 1.54) is 18.2 Å². The Balaban J connectivity index is 2.98. The topological polar surface area (TPSA) is 113 Å². The van der Waals surface area contributed by atoms with Gasteiger partial charge in [-0.3, -0.25) is 9.59 Å². The molecule has 1 aromatic heterocycles. The zero-order valence-corrected chi connectivity index (χ0v) is 8.56. The number of fused-ring (bicyclic) bond motifs is 1. The first-order valence-electron chi connectivity index (χ1n) is 4.69. The number of hydrogen-bond donors (Lipinski definition) is 3. The number of carboxylic acid groups (broad SMARTS) is 1. The van der Waals surface area contributed by atoms with Crippen molar-refractivity contribution in [1.82, 2.24) is 4.98 Å². The van der Waals surface area contributed by atoms with E-state index in [9.17, 15) is 14.4 Å². The number of pyridine rings is 1. The second-order valence-electron chi connectivity index (χ2n) is 3.48. The third-order valence-electron chi connectivity index (χ3n) is 2.32. The number of nitrogen functional groups attached to an aromatic ring is 1. The summed E-state index contributed by atoms with van der Waals surface area (Å²) in [5, 5.41) is 8.96. The van der Waals surface area contributed by atoms with E-state index in [2.05, 4.69) is 4.98 Å². The van der Waals surface area contributed by atoms with E-state index in [1.54, 1.807) is 0 Å². The van der Waals surface area contributed by atoms with E-state index in [-0.39, 0.29) is 22.3 Å². The molecule has 2 rings (SSSR count). The van der Waals surface area contributed by atoms with Crippen LogP contribution in [0.25, 0.3) is 10.9 Å². The average Bonchev–Trinajstić information content (AvgIpc) is 2.41. The molecule has 2 aromatic rings. The highest BCUT2D eigenvalue weighted by atomic mass is 16.4. The summed E-state index contributed by atoms with van der Waals surface area (Å²) in [6.45, 7) is 0. The molecule has 0 atom stereocenters.